The maximum Gasteiger partial charge on any atom is 0.337 e. The van der Waals surface area contributed by atoms with Gasteiger partial charge in [-0.25, -0.2) is 4.79 Å². The van der Waals surface area contributed by atoms with Crippen LogP contribution in [-0.4, -0.2) is 18.3 Å². The zero-order valence-electron chi connectivity index (χ0n) is 10.4. The molecule has 0 unspecified atom stereocenters. The van der Waals surface area contributed by atoms with E-state index >= 15 is 0 Å². The fourth-order valence-corrected chi connectivity index (χ4v) is 4.21. The van der Waals surface area contributed by atoms with Crippen molar-refractivity contribution in [3.63, 3.8) is 0 Å². The normalized spacial score (nSPS) is 15.9. The molecule has 0 heterocycles. The van der Waals surface area contributed by atoms with Crippen molar-refractivity contribution in [1.82, 2.24) is 0 Å². The summed E-state index contributed by atoms with van der Waals surface area (Å²) in [5.74, 6) is 0.720. The molecule has 0 saturated heterocycles. The van der Waals surface area contributed by atoms with Crippen molar-refractivity contribution in [2.24, 2.45) is 0 Å². The predicted octanol–water partition coefficient (Wildman–Crippen LogP) is 4.41. The highest BCUT2D eigenvalue weighted by molar-refractivity contribution is 9.10. The molecule has 0 bridgehead atoms. The van der Waals surface area contributed by atoms with Crippen LogP contribution in [-0.2, 0) is 10.5 Å². The number of methoxy groups -OCH3 is 1. The van der Waals surface area contributed by atoms with Crippen molar-refractivity contribution in [2.75, 3.05) is 7.11 Å². The first-order chi connectivity index (χ1) is 8.70. The maximum atomic E-state index is 11.4. The van der Waals surface area contributed by atoms with E-state index in [2.05, 4.69) is 15.9 Å². The van der Waals surface area contributed by atoms with E-state index in [1.54, 1.807) is 0 Å². The molecule has 0 atom stereocenters. The number of halogens is 1. The first-order valence-corrected chi connectivity index (χ1v) is 8.03. The van der Waals surface area contributed by atoms with E-state index in [1.165, 1.54) is 38.4 Å². The average Bonchev–Trinajstić information content (AvgIpc) is 2.89. The van der Waals surface area contributed by atoms with Crippen LogP contribution < -0.4 is 0 Å². The smallest absolute Gasteiger partial charge is 0.337 e. The number of rotatable bonds is 4. The summed E-state index contributed by atoms with van der Waals surface area (Å²) in [4.78, 5) is 11.4. The van der Waals surface area contributed by atoms with Crippen molar-refractivity contribution in [1.29, 1.82) is 0 Å². The van der Waals surface area contributed by atoms with E-state index in [0.717, 1.165) is 15.5 Å². The molecular formula is C14H17BrO2S. The van der Waals surface area contributed by atoms with Crippen LogP contribution in [0.1, 0.15) is 41.6 Å². The van der Waals surface area contributed by atoms with E-state index in [4.69, 9.17) is 4.74 Å². The van der Waals surface area contributed by atoms with E-state index in [0.29, 0.717) is 5.56 Å². The Hall–Kier alpha value is -0.480. The van der Waals surface area contributed by atoms with Gasteiger partial charge in [0, 0.05) is 15.5 Å². The Morgan fingerprint density at radius 2 is 2.17 bits per heavy atom. The molecule has 18 heavy (non-hydrogen) atoms. The highest BCUT2D eigenvalue weighted by atomic mass is 79.9. The van der Waals surface area contributed by atoms with Crippen LogP contribution >= 0.6 is 27.7 Å². The number of carbonyl (C=O) groups excluding carboxylic acids is 1. The van der Waals surface area contributed by atoms with Gasteiger partial charge < -0.3 is 4.74 Å². The van der Waals surface area contributed by atoms with Gasteiger partial charge in [0.25, 0.3) is 0 Å². The second-order valence-electron chi connectivity index (χ2n) is 4.52. The quantitative estimate of drug-likeness (QED) is 0.765. The Morgan fingerprint density at radius 3 is 2.78 bits per heavy atom. The van der Waals surface area contributed by atoms with Crippen molar-refractivity contribution < 1.29 is 9.53 Å². The number of benzene rings is 1. The lowest BCUT2D eigenvalue weighted by atomic mass is 10.1. The molecule has 1 aliphatic rings. The first-order valence-electron chi connectivity index (χ1n) is 6.19. The van der Waals surface area contributed by atoms with Gasteiger partial charge in [-0.2, -0.15) is 11.8 Å². The van der Waals surface area contributed by atoms with Gasteiger partial charge in [-0.1, -0.05) is 34.8 Å². The molecule has 1 fully saturated rings. The summed E-state index contributed by atoms with van der Waals surface area (Å²) in [6.07, 6.45) is 5.45. The largest absolute Gasteiger partial charge is 0.465 e. The molecule has 1 aromatic rings. The number of ether oxygens (including phenoxy) is 1. The number of thioether (sulfide) groups is 1. The molecule has 2 rings (SSSR count). The van der Waals surface area contributed by atoms with Crippen LogP contribution in [0.25, 0.3) is 0 Å². The molecule has 0 aliphatic heterocycles. The minimum atomic E-state index is -0.286. The Kier molecular flexibility index (Phi) is 5.13. The molecule has 2 nitrogen and oxygen atoms in total. The summed E-state index contributed by atoms with van der Waals surface area (Å²) in [6, 6.07) is 5.69. The third-order valence-corrected chi connectivity index (χ3v) is 5.41. The molecule has 1 saturated carbocycles. The van der Waals surface area contributed by atoms with Crippen LogP contribution in [0.15, 0.2) is 22.7 Å². The molecule has 0 spiro atoms. The van der Waals surface area contributed by atoms with Gasteiger partial charge in [-0.3, -0.25) is 0 Å². The SMILES string of the molecule is COC(=O)c1ccc(CSC2CCCC2)c(Br)c1. The van der Waals surface area contributed by atoms with E-state index < -0.39 is 0 Å². The van der Waals surface area contributed by atoms with Gasteiger partial charge in [-0.15, -0.1) is 0 Å². The summed E-state index contributed by atoms with van der Waals surface area (Å²) >= 11 is 5.56. The van der Waals surface area contributed by atoms with Crippen LogP contribution in [0.5, 0.6) is 0 Å². The Morgan fingerprint density at radius 1 is 1.44 bits per heavy atom. The van der Waals surface area contributed by atoms with E-state index in [-0.39, 0.29) is 5.97 Å². The third kappa shape index (κ3) is 3.51. The Bertz CT molecular complexity index is 428. The van der Waals surface area contributed by atoms with Gasteiger partial charge in [0.2, 0.25) is 0 Å². The third-order valence-electron chi connectivity index (χ3n) is 3.25. The van der Waals surface area contributed by atoms with Crippen LogP contribution in [0.4, 0.5) is 0 Å². The van der Waals surface area contributed by atoms with Gasteiger partial charge in [0.1, 0.15) is 0 Å². The number of esters is 1. The molecular weight excluding hydrogens is 312 g/mol. The minimum absolute atomic E-state index is 0.286. The minimum Gasteiger partial charge on any atom is -0.465 e. The average molecular weight is 329 g/mol. The maximum absolute atomic E-state index is 11.4. The van der Waals surface area contributed by atoms with Crippen LogP contribution in [0.2, 0.25) is 0 Å². The van der Waals surface area contributed by atoms with Crippen LogP contribution in [0.3, 0.4) is 0 Å². The lowest BCUT2D eigenvalue weighted by Gasteiger charge is -2.10. The monoisotopic (exact) mass is 328 g/mol. The summed E-state index contributed by atoms with van der Waals surface area (Å²) in [5, 5.41) is 0.817. The molecule has 0 radical (unpaired) electrons. The lowest BCUT2D eigenvalue weighted by molar-refractivity contribution is 0.0600. The molecule has 0 amide bonds. The molecule has 4 heteroatoms. The Balaban J connectivity index is 1.98. The van der Waals surface area contributed by atoms with Gasteiger partial charge >= 0.3 is 5.97 Å². The summed E-state index contributed by atoms with van der Waals surface area (Å²) in [5.41, 5.74) is 1.85. The van der Waals surface area contributed by atoms with Crippen molar-refractivity contribution in [3.8, 4) is 0 Å². The molecule has 1 aromatic carbocycles. The zero-order valence-corrected chi connectivity index (χ0v) is 12.9. The second kappa shape index (κ2) is 6.62. The number of carbonyl (C=O) groups is 1. The summed E-state index contributed by atoms with van der Waals surface area (Å²) < 4.78 is 5.70. The number of hydrogen-bond donors (Lipinski definition) is 0. The molecule has 98 valence electrons. The zero-order chi connectivity index (χ0) is 13.0. The van der Waals surface area contributed by atoms with Crippen LogP contribution in [0, 0.1) is 0 Å². The lowest BCUT2D eigenvalue weighted by Crippen LogP contribution is -2.02. The summed E-state index contributed by atoms with van der Waals surface area (Å²) in [7, 11) is 1.40. The molecule has 1 aliphatic carbocycles. The second-order valence-corrected chi connectivity index (χ2v) is 6.66. The van der Waals surface area contributed by atoms with Gasteiger partial charge in [0.15, 0.2) is 0 Å². The summed E-state index contributed by atoms with van der Waals surface area (Å²) in [6.45, 7) is 0. The molecule has 0 aromatic heterocycles. The fraction of sp³-hybridized carbons (Fsp3) is 0.500. The van der Waals surface area contributed by atoms with Gasteiger partial charge in [-0.05, 0) is 30.5 Å². The molecule has 0 N–H and O–H groups in total. The van der Waals surface area contributed by atoms with Crippen molar-refractivity contribution in [2.45, 2.75) is 36.7 Å². The Labute approximate surface area is 121 Å². The topological polar surface area (TPSA) is 26.3 Å². The van der Waals surface area contributed by atoms with Gasteiger partial charge in [0.05, 0.1) is 12.7 Å². The van der Waals surface area contributed by atoms with Crippen molar-refractivity contribution in [3.05, 3.63) is 33.8 Å². The standard InChI is InChI=1S/C14H17BrO2S/c1-17-14(16)10-6-7-11(13(15)8-10)9-18-12-4-2-3-5-12/h6-8,12H,2-5,9H2,1H3. The number of hydrogen-bond acceptors (Lipinski definition) is 3. The first kappa shape index (κ1) is 13.9. The highest BCUT2D eigenvalue weighted by Gasteiger charge is 2.16. The predicted molar refractivity (Wildman–Crippen MR) is 79.0 cm³/mol. The highest BCUT2D eigenvalue weighted by Crippen LogP contribution is 2.33. The van der Waals surface area contributed by atoms with E-state index in [1.807, 2.05) is 30.0 Å². The fourth-order valence-electron chi connectivity index (χ4n) is 2.17. The van der Waals surface area contributed by atoms with E-state index in [9.17, 15) is 4.79 Å². The van der Waals surface area contributed by atoms with Crippen molar-refractivity contribution >= 4 is 33.7 Å².